The molecule has 3 aromatic rings. The second-order valence-electron chi connectivity index (χ2n) is 10.3. The van der Waals surface area contributed by atoms with E-state index in [9.17, 15) is 14.4 Å². The van der Waals surface area contributed by atoms with Crippen molar-refractivity contribution in [3.8, 4) is 5.75 Å². The van der Waals surface area contributed by atoms with E-state index in [4.69, 9.17) is 27.9 Å². The summed E-state index contributed by atoms with van der Waals surface area (Å²) in [5.41, 5.74) is 1.53. The Bertz CT molecular complexity index is 1430. The van der Waals surface area contributed by atoms with Crippen molar-refractivity contribution in [3.05, 3.63) is 94.0 Å². The van der Waals surface area contributed by atoms with Crippen LogP contribution in [0.2, 0.25) is 10.0 Å². The van der Waals surface area contributed by atoms with Crippen LogP contribution in [0.25, 0.3) is 0 Å². The zero-order valence-electron chi connectivity index (χ0n) is 22.8. The zero-order chi connectivity index (χ0) is 29.0. The van der Waals surface area contributed by atoms with Crippen LogP contribution in [-0.4, -0.2) is 73.0 Å². The first kappa shape index (κ1) is 28.8. The van der Waals surface area contributed by atoms with Crippen LogP contribution >= 0.6 is 23.2 Å². The molecular formula is C31H32Cl2N4O4. The molecule has 8 nitrogen and oxygen atoms in total. The summed E-state index contributed by atoms with van der Waals surface area (Å²) >= 11 is 12.2. The third kappa shape index (κ3) is 5.99. The number of carbonyl (C=O) groups is 3. The van der Waals surface area contributed by atoms with Crippen LogP contribution in [0.15, 0.2) is 72.8 Å². The number of halogens is 2. The molecular weight excluding hydrogens is 563 g/mol. The number of nitrogens with zero attached hydrogens (tertiary/aromatic N) is 3. The SMILES string of the molecule is COc1ccccc1CCNC(=O)CN1CN(c2ccccc2)C2(CCN(C(=O)c3ccc(Cl)c(Cl)c3)CC2)C1=O. The molecule has 2 heterocycles. The lowest BCUT2D eigenvalue weighted by Gasteiger charge is -2.43. The molecule has 41 heavy (non-hydrogen) atoms. The highest BCUT2D eigenvalue weighted by atomic mass is 35.5. The van der Waals surface area contributed by atoms with E-state index in [2.05, 4.69) is 10.2 Å². The maximum Gasteiger partial charge on any atom is 0.253 e. The molecule has 2 fully saturated rings. The molecule has 214 valence electrons. The quantitative estimate of drug-likeness (QED) is 0.411. The predicted octanol–water partition coefficient (Wildman–Crippen LogP) is 4.64. The molecule has 3 amide bonds. The number of piperidine rings is 1. The summed E-state index contributed by atoms with van der Waals surface area (Å²) in [7, 11) is 1.62. The largest absolute Gasteiger partial charge is 0.496 e. The first-order valence-electron chi connectivity index (χ1n) is 13.6. The first-order chi connectivity index (χ1) is 19.8. The number of ether oxygens (including phenoxy) is 1. The molecule has 1 N–H and O–H groups in total. The molecule has 1 spiro atoms. The Kier molecular flexibility index (Phi) is 8.71. The van der Waals surface area contributed by atoms with Gasteiger partial charge in [-0.3, -0.25) is 14.4 Å². The van der Waals surface area contributed by atoms with Crippen LogP contribution in [0.1, 0.15) is 28.8 Å². The molecule has 10 heteroatoms. The van der Waals surface area contributed by atoms with Crippen molar-refractivity contribution in [2.75, 3.05) is 44.9 Å². The van der Waals surface area contributed by atoms with E-state index < -0.39 is 5.54 Å². The molecule has 0 bridgehead atoms. The van der Waals surface area contributed by atoms with Crippen LogP contribution in [0.5, 0.6) is 5.75 Å². The number of hydrogen-bond acceptors (Lipinski definition) is 5. The Morgan fingerprint density at radius 1 is 0.951 bits per heavy atom. The van der Waals surface area contributed by atoms with Gasteiger partial charge in [-0.1, -0.05) is 59.6 Å². The lowest BCUT2D eigenvalue weighted by atomic mass is 9.85. The molecule has 0 aliphatic carbocycles. The van der Waals surface area contributed by atoms with Crippen LogP contribution in [0.4, 0.5) is 5.69 Å². The Balaban J connectivity index is 1.26. The molecule has 2 aliphatic heterocycles. The van der Waals surface area contributed by atoms with Gasteiger partial charge in [0.2, 0.25) is 5.91 Å². The third-order valence-corrected chi connectivity index (χ3v) is 8.61. The van der Waals surface area contributed by atoms with E-state index >= 15 is 0 Å². The van der Waals surface area contributed by atoms with Gasteiger partial charge in [0.05, 0.1) is 23.8 Å². The average Bonchev–Trinajstić information content (AvgIpc) is 3.25. The number of methoxy groups -OCH3 is 1. The van der Waals surface area contributed by atoms with Gasteiger partial charge < -0.3 is 24.8 Å². The second kappa shape index (κ2) is 12.4. The number of rotatable bonds is 8. The maximum atomic E-state index is 14.0. The summed E-state index contributed by atoms with van der Waals surface area (Å²) < 4.78 is 5.39. The van der Waals surface area contributed by atoms with Crippen molar-refractivity contribution in [3.63, 3.8) is 0 Å². The lowest BCUT2D eigenvalue weighted by Crippen LogP contribution is -2.57. The van der Waals surface area contributed by atoms with Crippen molar-refractivity contribution in [2.24, 2.45) is 0 Å². The van der Waals surface area contributed by atoms with Crippen LogP contribution < -0.4 is 15.0 Å². The standard InChI is InChI=1S/C31H32Cl2N4O4/c1-41-27-10-6-5-7-22(27)13-16-34-28(38)20-36-21-37(24-8-3-2-4-9-24)31(30(36)40)14-17-35(18-15-31)29(39)23-11-12-25(32)26(33)19-23/h2-12,19H,13-18,20-21H2,1H3,(H,34,38). The number of benzene rings is 3. The highest BCUT2D eigenvalue weighted by Gasteiger charge is 2.54. The minimum Gasteiger partial charge on any atom is -0.496 e. The summed E-state index contributed by atoms with van der Waals surface area (Å²) in [6, 6.07) is 22.3. The van der Waals surface area contributed by atoms with Gasteiger partial charge in [0, 0.05) is 30.9 Å². The van der Waals surface area contributed by atoms with Gasteiger partial charge >= 0.3 is 0 Å². The van der Waals surface area contributed by atoms with Crippen molar-refractivity contribution in [2.45, 2.75) is 24.8 Å². The monoisotopic (exact) mass is 594 g/mol. The van der Waals surface area contributed by atoms with Crippen LogP contribution in [0, 0.1) is 0 Å². The van der Waals surface area contributed by atoms with E-state index in [0.717, 1.165) is 17.0 Å². The molecule has 2 aliphatic rings. The Labute approximate surface area is 249 Å². The van der Waals surface area contributed by atoms with E-state index in [0.29, 0.717) is 61.2 Å². The molecule has 0 aromatic heterocycles. The highest BCUT2D eigenvalue weighted by molar-refractivity contribution is 6.42. The van der Waals surface area contributed by atoms with Crippen LogP contribution in [0.3, 0.4) is 0 Å². The van der Waals surface area contributed by atoms with Crippen molar-refractivity contribution in [1.29, 1.82) is 0 Å². The van der Waals surface area contributed by atoms with Gasteiger partial charge in [0.15, 0.2) is 0 Å². The van der Waals surface area contributed by atoms with Gasteiger partial charge in [-0.2, -0.15) is 0 Å². The van der Waals surface area contributed by atoms with Crippen LogP contribution in [-0.2, 0) is 16.0 Å². The topological polar surface area (TPSA) is 82.2 Å². The lowest BCUT2D eigenvalue weighted by molar-refractivity contribution is -0.137. The Morgan fingerprint density at radius 3 is 2.37 bits per heavy atom. The first-order valence-corrected chi connectivity index (χ1v) is 14.3. The number of carbonyl (C=O) groups excluding carboxylic acids is 3. The van der Waals surface area contributed by atoms with E-state index in [1.54, 1.807) is 35.1 Å². The van der Waals surface area contributed by atoms with Crippen molar-refractivity contribution < 1.29 is 19.1 Å². The maximum absolute atomic E-state index is 14.0. The van der Waals surface area contributed by atoms with Gasteiger partial charge in [-0.15, -0.1) is 0 Å². The normalized spacial score (nSPS) is 16.3. The predicted molar refractivity (Wildman–Crippen MR) is 160 cm³/mol. The molecule has 3 aromatic carbocycles. The summed E-state index contributed by atoms with van der Waals surface area (Å²) in [6.45, 7) is 1.48. The van der Waals surface area contributed by atoms with E-state index in [1.165, 1.54) is 0 Å². The number of amides is 3. The highest BCUT2D eigenvalue weighted by Crippen LogP contribution is 2.39. The number of hydrogen-bond donors (Lipinski definition) is 1. The molecule has 0 unspecified atom stereocenters. The molecule has 0 atom stereocenters. The number of likely N-dealkylation sites (tertiary alicyclic amines) is 1. The average molecular weight is 596 g/mol. The minimum absolute atomic E-state index is 0.0399. The molecule has 0 saturated carbocycles. The smallest absolute Gasteiger partial charge is 0.253 e. The fourth-order valence-electron chi connectivity index (χ4n) is 5.69. The fraction of sp³-hybridized carbons (Fsp3) is 0.323. The van der Waals surface area contributed by atoms with Gasteiger partial charge in [-0.25, -0.2) is 0 Å². The number of para-hydroxylation sites is 2. The second-order valence-corrected chi connectivity index (χ2v) is 11.1. The fourth-order valence-corrected chi connectivity index (χ4v) is 5.99. The molecule has 2 saturated heterocycles. The molecule has 0 radical (unpaired) electrons. The minimum atomic E-state index is -0.840. The zero-order valence-corrected chi connectivity index (χ0v) is 24.3. The summed E-state index contributed by atoms with van der Waals surface area (Å²) in [5.74, 6) is 0.315. The van der Waals surface area contributed by atoms with Crippen molar-refractivity contribution in [1.82, 2.24) is 15.1 Å². The van der Waals surface area contributed by atoms with Gasteiger partial charge in [-0.05, 0) is 61.2 Å². The summed E-state index contributed by atoms with van der Waals surface area (Å²) in [6.07, 6.45) is 1.51. The van der Waals surface area contributed by atoms with E-state index in [-0.39, 0.29) is 24.3 Å². The summed E-state index contributed by atoms with van der Waals surface area (Å²) in [5, 5.41) is 3.66. The summed E-state index contributed by atoms with van der Waals surface area (Å²) in [4.78, 5) is 45.5. The third-order valence-electron chi connectivity index (χ3n) is 7.87. The Hall–Kier alpha value is -3.75. The van der Waals surface area contributed by atoms with Gasteiger partial charge in [0.25, 0.3) is 11.8 Å². The Morgan fingerprint density at radius 2 is 1.66 bits per heavy atom. The van der Waals surface area contributed by atoms with Gasteiger partial charge in [0.1, 0.15) is 17.8 Å². The number of nitrogens with one attached hydrogen (secondary N) is 1. The van der Waals surface area contributed by atoms with Crippen molar-refractivity contribution >= 4 is 46.6 Å². The molecule has 5 rings (SSSR count). The number of anilines is 1. The van der Waals surface area contributed by atoms with E-state index in [1.807, 2.05) is 54.6 Å².